The highest BCUT2D eigenvalue weighted by atomic mass is 35.5. The normalized spacial score (nSPS) is 10.7. The fourth-order valence-electron chi connectivity index (χ4n) is 2.28. The van der Waals surface area contributed by atoms with E-state index in [2.05, 4.69) is 10.3 Å². The molecule has 0 fully saturated rings. The van der Waals surface area contributed by atoms with Crippen LogP contribution in [0.1, 0.15) is 5.56 Å². The van der Waals surface area contributed by atoms with Crippen LogP contribution in [0.5, 0.6) is 0 Å². The minimum atomic E-state index is -0.260. The van der Waals surface area contributed by atoms with E-state index < -0.39 is 0 Å². The molecule has 0 aliphatic rings. The van der Waals surface area contributed by atoms with Crippen molar-refractivity contribution in [3.8, 4) is 0 Å². The first-order valence-electron chi connectivity index (χ1n) is 7.09. The van der Waals surface area contributed by atoms with E-state index in [1.807, 2.05) is 18.2 Å². The Bertz CT molecular complexity index is 921. The molecule has 3 rings (SSSR count). The van der Waals surface area contributed by atoms with Crippen LogP contribution in [0.2, 0.25) is 5.02 Å². The van der Waals surface area contributed by atoms with Crippen molar-refractivity contribution in [2.75, 3.05) is 0 Å². The molecule has 0 saturated carbocycles. The molecule has 23 heavy (non-hydrogen) atoms. The van der Waals surface area contributed by atoms with Crippen molar-refractivity contribution >= 4 is 28.4 Å². The molecule has 1 aromatic heterocycles. The third kappa shape index (κ3) is 3.57. The largest absolute Gasteiger partial charge is 0.350 e. The Balaban J connectivity index is 1.71. The lowest BCUT2D eigenvalue weighted by atomic mass is 10.2. The number of rotatable bonds is 4. The summed E-state index contributed by atoms with van der Waals surface area (Å²) in [6, 6.07) is 14.3. The zero-order chi connectivity index (χ0) is 16.2. The van der Waals surface area contributed by atoms with Gasteiger partial charge in [-0.3, -0.25) is 14.2 Å². The van der Waals surface area contributed by atoms with Gasteiger partial charge in [0.2, 0.25) is 5.91 Å². The standard InChI is InChI=1S/C17H14ClN3O2/c18-13-5-3-4-12(8-13)9-19-16(22)10-21-11-20-15-7-2-1-6-14(15)17(21)23/h1-8,11H,9-10H2,(H,19,22). The molecule has 0 radical (unpaired) electrons. The van der Waals surface area contributed by atoms with E-state index in [-0.39, 0.29) is 18.0 Å². The number of hydrogen-bond acceptors (Lipinski definition) is 3. The molecule has 1 amide bonds. The number of fused-ring (bicyclic) bond motifs is 1. The Morgan fingerprint density at radius 1 is 1.17 bits per heavy atom. The number of carbonyl (C=O) groups excluding carboxylic acids is 1. The topological polar surface area (TPSA) is 64.0 Å². The molecule has 0 aliphatic heterocycles. The first kappa shape index (κ1) is 15.2. The molecule has 0 spiro atoms. The molecule has 1 heterocycles. The summed E-state index contributed by atoms with van der Waals surface area (Å²) < 4.78 is 1.30. The second-order valence-electron chi connectivity index (χ2n) is 5.10. The summed E-state index contributed by atoms with van der Waals surface area (Å²) in [5.74, 6) is -0.260. The predicted octanol–water partition coefficient (Wildman–Crippen LogP) is 2.37. The summed E-state index contributed by atoms with van der Waals surface area (Å²) in [4.78, 5) is 28.5. The van der Waals surface area contributed by atoms with Gasteiger partial charge in [-0.15, -0.1) is 0 Å². The Hall–Kier alpha value is -2.66. The van der Waals surface area contributed by atoms with Crippen molar-refractivity contribution in [2.45, 2.75) is 13.1 Å². The van der Waals surface area contributed by atoms with Crippen molar-refractivity contribution in [3.63, 3.8) is 0 Å². The maximum absolute atomic E-state index is 12.3. The smallest absolute Gasteiger partial charge is 0.261 e. The Morgan fingerprint density at radius 3 is 2.83 bits per heavy atom. The average Bonchev–Trinajstić information content (AvgIpc) is 2.56. The van der Waals surface area contributed by atoms with E-state index in [4.69, 9.17) is 11.6 Å². The molecule has 0 aliphatic carbocycles. The number of carbonyl (C=O) groups is 1. The number of benzene rings is 2. The number of hydrogen-bond donors (Lipinski definition) is 1. The second kappa shape index (κ2) is 6.62. The van der Waals surface area contributed by atoms with E-state index in [0.717, 1.165) is 5.56 Å². The fourth-order valence-corrected chi connectivity index (χ4v) is 2.49. The van der Waals surface area contributed by atoms with Crippen molar-refractivity contribution < 1.29 is 4.79 Å². The van der Waals surface area contributed by atoms with Gasteiger partial charge in [0.25, 0.3) is 5.56 Å². The van der Waals surface area contributed by atoms with E-state index in [1.165, 1.54) is 10.9 Å². The van der Waals surface area contributed by atoms with Crippen LogP contribution in [0.3, 0.4) is 0 Å². The Morgan fingerprint density at radius 2 is 2.00 bits per heavy atom. The van der Waals surface area contributed by atoms with Gasteiger partial charge in [0, 0.05) is 11.6 Å². The lowest BCUT2D eigenvalue weighted by molar-refractivity contribution is -0.121. The third-order valence-corrected chi connectivity index (χ3v) is 3.66. The van der Waals surface area contributed by atoms with Gasteiger partial charge in [-0.1, -0.05) is 35.9 Å². The maximum atomic E-state index is 12.3. The number of nitrogens with zero attached hydrogens (tertiary/aromatic N) is 2. The van der Waals surface area contributed by atoms with Crippen LogP contribution in [-0.2, 0) is 17.9 Å². The second-order valence-corrected chi connectivity index (χ2v) is 5.54. The first-order chi connectivity index (χ1) is 11.1. The zero-order valence-corrected chi connectivity index (χ0v) is 13.0. The molecule has 116 valence electrons. The van der Waals surface area contributed by atoms with Gasteiger partial charge in [0.05, 0.1) is 17.2 Å². The summed E-state index contributed by atoms with van der Waals surface area (Å²) in [7, 11) is 0. The Labute approximate surface area is 137 Å². The monoisotopic (exact) mass is 327 g/mol. The molecule has 5 nitrogen and oxygen atoms in total. The minimum absolute atomic E-state index is 0.0722. The average molecular weight is 328 g/mol. The van der Waals surface area contributed by atoms with Crippen LogP contribution in [0, 0.1) is 0 Å². The van der Waals surface area contributed by atoms with E-state index in [0.29, 0.717) is 22.5 Å². The molecular formula is C17H14ClN3O2. The number of aromatic nitrogens is 2. The van der Waals surface area contributed by atoms with Crippen LogP contribution < -0.4 is 10.9 Å². The molecule has 0 unspecified atom stereocenters. The molecule has 2 aromatic carbocycles. The van der Waals surface area contributed by atoms with Crippen LogP contribution in [0.4, 0.5) is 0 Å². The quantitative estimate of drug-likeness (QED) is 0.800. The van der Waals surface area contributed by atoms with Crippen molar-refractivity contribution in [1.82, 2.24) is 14.9 Å². The summed E-state index contributed by atoms with van der Waals surface area (Å²) in [5, 5.41) is 3.88. The van der Waals surface area contributed by atoms with Crippen molar-refractivity contribution in [2.24, 2.45) is 0 Å². The van der Waals surface area contributed by atoms with Crippen LogP contribution in [-0.4, -0.2) is 15.5 Å². The van der Waals surface area contributed by atoms with E-state index in [9.17, 15) is 9.59 Å². The lowest BCUT2D eigenvalue weighted by Crippen LogP contribution is -2.32. The summed E-state index contributed by atoms with van der Waals surface area (Å²) >= 11 is 5.90. The van der Waals surface area contributed by atoms with Gasteiger partial charge in [-0.2, -0.15) is 0 Å². The lowest BCUT2D eigenvalue weighted by Gasteiger charge is -2.08. The van der Waals surface area contributed by atoms with Crippen molar-refractivity contribution in [1.29, 1.82) is 0 Å². The maximum Gasteiger partial charge on any atom is 0.261 e. The van der Waals surface area contributed by atoms with Crippen LogP contribution in [0.25, 0.3) is 10.9 Å². The third-order valence-electron chi connectivity index (χ3n) is 3.42. The van der Waals surface area contributed by atoms with Gasteiger partial charge in [0.1, 0.15) is 6.54 Å². The number of amides is 1. The number of nitrogens with one attached hydrogen (secondary N) is 1. The highest BCUT2D eigenvalue weighted by molar-refractivity contribution is 6.30. The molecule has 6 heteroatoms. The summed E-state index contributed by atoms with van der Waals surface area (Å²) in [6.07, 6.45) is 1.39. The highest BCUT2D eigenvalue weighted by Crippen LogP contribution is 2.10. The van der Waals surface area contributed by atoms with E-state index >= 15 is 0 Å². The Kier molecular flexibility index (Phi) is 4.39. The fraction of sp³-hybridized carbons (Fsp3) is 0.118. The van der Waals surface area contributed by atoms with Gasteiger partial charge in [-0.25, -0.2) is 4.98 Å². The van der Waals surface area contributed by atoms with Crippen molar-refractivity contribution in [3.05, 3.63) is 75.8 Å². The van der Waals surface area contributed by atoms with Gasteiger partial charge >= 0.3 is 0 Å². The van der Waals surface area contributed by atoms with Crippen LogP contribution >= 0.6 is 11.6 Å². The summed E-state index contributed by atoms with van der Waals surface area (Å²) in [5.41, 5.74) is 1.29. The molecule has 0 saturated heterocycles. The minimum Gasteiger partial charge on any atom is -0.350 e. The SMILES string of the molecule is O=C(Cn1cnc2ccccc2c1=O)NCc1cccc(Cl)c1. The summed E-state index contributed by atoms with van der Waals surface area (Å²) in [6.45, 7) is 0.284. The molecule has 0 bridgehead atoms. The molecule has 0 atom stereocenters. The van der Waals surface area contributed by atoms with Gasteiger partial charge in [0.15, 0.2) is 0 Å². The zero-order valence-electron chi connectivity index (χ0n) is 12.2. The predicted molar refractivity (Wildman–Crippen MR) is 89.3 cm³/mol. The number of halogens is 1. The van der Waals surface area contributed by atoms with Crippen LogP contribution in [0.15, 0.2) is 59.7 Å². The molecular weight excluding hydrogens is 314 g/mol. The van der Waals surface area contributed by atoms with E-state index in [1.54, 1.807) is 30.3 Å². The number of para-hydroxylation sites is 1. The van der Waals surface area contributed by atoms with Gasteiger partial charge in [-0.05, 0) is 29.8 Å². The van der Waals surface area contributed by atoms with Gasteiger partial charge < -0.3 is 5.32 Å². The molecule has 1 N–H and O–H groups in total. The highest BCUT2D eigenvalue weighted by Gasteiger charge is 2.07. The first-order valence-corrected chi connectivity index (χ1v) is 7.46. The molecule has 3 aromatic rings.